The predicted octanol–water partition coefficient (Wildman–Crippen LogP) is 6.57. The van der Waals surface area contributed by atoms with E-state index in [1.54, 1.807) is 0 Å². The molecule has 186 valence electrons. The van der Waals surface area contributed by atoms with E-state index in [9.17, 15) is 19.5 Å². The highest BCUT2D eigenvalue weighted by molar-refractivity contribution is 6.11. The summed E-state index contributed by atoms with van der Waals surface area (Å²) in [5, 5.41) is 9.29. The summed E-state index contributed by atoms with van der Waals surface area (Å²) in [5.41, 5.74) is 6.19. The first-order valence-electron chi connectivity index (χ1n) is 12.6. The van der Waals surface area contributed by atoms with Gasteiger partial charge in [0.05, 0.1) is 0 Å². The molecule has 0 radical (unpaired) electrons. The maximum atomic E-state index is 12.3. The number of nitrogen functional groups attached to an aromatic ring is 1. The molecular weight excluding hydrogens is 418 g/mol. The summed E-state index contributed by atoms with van der Waals surface area (Å²) in [6.45, 7) is 4.57. The van der Waals surface area contributed by atoms with Crippen molar-refractivity contribution >= 4 is 23.4 Å². The number of carboxylic acid groups (broad SMARTS) is 1. The lowest BCUT2D eigenvalue weighted by molar-refractivity contribution is -0.160. The summed E-state index contributed by atoms with van der Waals surface area (Å²) < 4.78 is 4.96. The van der Waals surface area contributed by atoms with Gasteiger partial charge >= 0.3 is 11.9 Å². The van der Waals surface area contributed by atoms with Gasteiger partial charge in [0, 0.05) is 17.7 Å². The van der Waals surface area contributed by atoms with Gasteiger partial charge < -0.3 is 15.6 Å². The summed E-state index contributed by atoms with van der Waals surface area (Å²) in [6.07, 6.45) is 13.9. The molecule has 1 aromatic rings. The van der Waals surface area contributed by atoms with E-state index in [0.717, 1.165) is 25.2 Å². The van der Waals surface area contributed by atoms with Crippen LogP contribution in [0.5, 0.6) is 0 Å². The second-order valence-electron chi connectivity index (χ2n) is 9.37. The first-order valence-corrected chi connectivity index (χ1v) is 12.6. The second kappa shape index (κ2) is 17.2. The van der Waals surface area contributed by atoms with Gasteiger partial charge in [-0.05, 0) is 36.6 Å². The third kappa shape index (κ3) is 13.7. The van der Waals surface area contributed by atoms with Gasteiger partial charge in [-0.3, -0.25) is 9.59 Å². The zero-order valence-electron chi connectivity index (χ0n) is 20.5. The SMILES string of the molecule is CC(C)CCCCCCCCCCCCCCC(=O)OC(C(=O)O)C(=O)c1ccc(N)cc1. The van der Waals surface area contributed by atoms with E-state index >= 15 is 0 Å². The molecule has 0 spiro atoms. The third-order valence-electron chi connectivity index (χ3n) is 5.82. The molecule has 1 aromatic carbocycles. The summed E-state index contributed by atoms with van der Waals surface area (Å²) in [4.78, 5) is 35.8. The van der Waals surface area contributed by atoms with Crippen LogP contribution in [-0.4, -0.2) is 28.9 Å². The smallest absolute Gasteiger partial charge is 0.353 e. The zero-order chi connectivity index (χ0) is 24.5. The molecule has 0 aromatic heterocycles. The van der Waals surface area contributed by atoms with Crippen LogP contribution >= 0.6 is 0 Å². The summed E-state index contributed by atoms with van der Waals surface area (Å²) in [7, 11) is 0. The lowest BCUT2D eigenvalue weighted by Crippen LogP contribution is -2.35. The highest BCUT2D eigenvalue weighted by Gasteiger charge is 2.31. The first kappa shape index (κ1) is 28.7. The van der Waals surface area contributed by atoms with Crippen molar-refractivity contribution in [1.82, 2.24) is 0 Å². The van der Waals surface area contributed by atoms with Gasteiger partial charge in [0.1, 0.15) is 0 Å². The van der Waals surface area contributed by atoms with Crippen LogP contribution < -0.4 is 5.73 Å². The molecule has 0 heterocycles. The molecule has 0 aliphatic heterocycles. The van der Waals surface area contributed by atoms with E-state index in [2.05, 4.69) is 13.8 Å². The van der Waals surface area contributed by atoms with Crippen molar-refractivity contribution in [1.29, 1.82) is 0 Å². The number of ether oxygens (including phenoxy) is 1. The quantitative estimate of drug-likeness (QED) is 0.0793. The van der Waals surface area contributed by atoms with Gasteiger partial charge in [0.25, 0.3) is 6.10 Å². The number of Topliss-reactive ketones (excluding diaryl/α,β-unsaturated/α-hetero) is 1. The van der Waals surface area contributed by atoms with Crippen LogP contribution in [0.4, 0.5) is 5.69 Å². The molecule has 3 N–H and O–H groups in total. The van der Waals surface area contributed by atoms with Crippen molar-refractivity contribution in [2.75, 3.05) is 5.73 Å². The number of ketones is 1. The van der Waals surface area contributed by atoms with Gasteiger partial charge in [-0.15, -0.1) is 0 Å². The van der Waals surface area contributed by atoms with E-state index < -0.39 is 23.8 Å². The number of anilines is 1. The molecule has 0 bridgehead atoms. The molecule has 1 unspecified atom stereocenters. The van der Waals surface area contributed by atoms with Gasteiger partial charge in [-0.2, -0.15) is 0 Å². The van der Waals surface area contributed by atoms with Crippen molar-refractivity contribution < 1.29 is 24.2 Å². The molecule has 0 amide bonds. The molecule has 0 aliphatic rings. The molecule has 0 fully saturated rings. The highest BCUT2D eigenvalue weighted by Crippen LogP contribution is 2.15. The summed E-state index contributed by atoms with van der Waals surface area (Å²) in [5.74, 6) is -2.06. The fourth-order valence-electron chi connectivity index (χ4n) is 3.79. The average molecular weight is 462 g/mol. The Labute approximate surface area is 199 Å². The Kier molecular flexibility index (Phi) is 14.9. The Morgan fingerprint density at radius 3 is 1.70 bits per heavy atom. The van der Waals surface area contributed by atoms with E-state index in [4.69, 9.17) is 10.5 Å². The van der Waals surface area contributed by atoms with E-state index in [1.807, 2.05) is 0 Å². The minimum atomic E-state index is -1.82. The van der Waals surface area contributed by atoms with Crippen LogP contribution in [0.1, 0.15) is 114 Å². The third-order valence-corrected chi connectivity index (χ3v) is 5.82. The van der Waals surface area contributed by atoms with Crippen LogP contribution in [0, 0.1) is 5.92 Å². The Hall–Kier alpha value is -2.37. The molecule has 6 heteroatoms. The Bertz CT molecular complexity index is 699. The van der Waals surface area contributed by atoms with Crippen LogP contribution in [0.25, 0.3) is 0 Å². The number of benzene rings is 1. The largest absolute Gasteiger partial charge is 0.478 e. The number of hydrogen-bond acceptors (Lipinski definition) is 5. The first-order chi connectivity index (χ1) is 15.8. The molecule has 0 aliphatic carbocycles. The number of carboxylic acids is 1. The van der Waals surface area contributed by atoms with Gasteiger partial charge in [-0.25, -0.2) is 4.79 Å². The predicted molar refractivity (Wildman–Crippen MR) is 132 cm³/mol. The summed E-state index contributed by atoms with van der Waals surface area (Å²) >= 11 is 0. The molecule has 1 atom stereocenters. The fraction of sp³-hybridized carbons (Fsp3) is 0.667. The molecule has 33 heavy (non-hydrogen) atoms. The lowest BCUT2D eigenvalue weighted by Gasteiger charge is -2.13. The second-order valence-corrected chi connectivity index (χ2v) is 9.37. The van der Waals surface area contributed by atoms with E-state index in [-0.39, 0.29) is 12.0 Å². The van der Waals surface area contributed by atoms with Crippen LogP contribution in [-0.2, 0) is 14.3 Å². The monoisotopic (exact) mass is 461 g/mol. The van der Waals surface area contributed by atoms with Crippen LogP contribution in [0.2, 0.25) is 0 Å². The highest BCUT2D eigenvalue weighted by atomic mass is 16.6. The van der Waals surface area contributed by atoms with E-state index in [0.29, 0.717) is 12.1 Å². The minimum absolute atomic E-state index is 0.121. The standard InChI is InChI=1S/C27H43NO5/c1-21(2)15-13-11-9-7-5-3-4-6-8-10-12-14-16-24(29)33-26(27(31)32)25(30)22-17-19-23(28)20-18-22/h17-21,26H,3-16,28H2,1-2H3,(H,31,32). The Morgan fingerprint density at radius 1 is 0.788 bits per heavy atom. The number of nitrogens with two attached hydrogens (primary N) is 1. The topological polar surface area (TPSA) is 107 Å². The van der Waals surface area contributed by atoms with Crippen molar-refractivity contribution in [2.45, 2.75) is 110 Å². The average Bonchev–Trinajstić information content (AvgIpc) is 2.77. The Balaban J connectivity index is 2.08. The molecular formula is C27H43NO5. The zero-order valence-corrected chi connectivity index (χ0v) is 20.5. The van der Waals surface area contributed by atoms with Crippen molar-refractivity contribution in [3.05, 3.63) is 29.8 Å². The number of aliphatic carboxylic acids is 1. The van der Waals surface area contributed by atoms with Crippen LogP contribution in [0.15, 0.2) is 24.3 Å². The van der Waals surface area contributed by atoms with Crippen molar-refractivity contribution in [3.8, 4) is 0 Å². The number of carbonyl (C=O) groups is 3. The van der Waals surface area contributed by atoms with Gasteiger partial charge in [0.2, 0.25) is 5.78 Å². The van der Waals surface area contributed by atoms with E-state index in [1.165, 1.54) is 82.1 Å². The van der Waals surface area contributed by atoms with Crippen molar-refractivity contribution in [2.24, 2.45) is 5.92 Å². The number of carbonyl (C=O) groups excluding carboxylic acids is 2. The number of hydrogen-bond donors (Lipinski definition) is 2. The maximum Gasteiger partial charge on any atom is 0.353 e. The number of esters is 1. The van der Waals surface area contributed by atoms with Crippen LogP contribution in [0.3, 0.4) is 0 Å². The minimum Gasteiger partial charge on any atom is -0.478 e. The summed E-state index contributed by atoms with van der Waals surface area (Å²) in [6, 6.07) is 5.86. The fourth-order valence-corrected chi connectivity index (χ4v) is 3.79. The number of unbranched alkanes of at least 4 members (excludes halogenated alkanes) is 11. The maximum absolute atomic E-state index is 12.3. The van der Waals surface area contributed by atoms with Crippen molar-refractivity contribution in [3.63, 3.8) is 0 Å². The van der Waals surface area contributed by atoms with Gasteiger partial charge in [-0.1, -0.05) is 90.9 Å². The molecule has 1 rings (SSSR count). The lowest BCUT2D eigenvalue weighted by atomic mass is 10.0. The molecule has 6 nitrogen and oxygen atoms in total. The normalized spacial score (nSPS) is 12.0. The Morgan fingerprint density at radius 2 is 1.24 bits per heavy atom. The molecule has 0 saturated carbocycles. The molecule has 0 saturated heterocycles. The van der Waals surface area contributed by atoms with Gasteiger partial charge in [0.15, 0.2) is 0 Å². The number of rotatable bonds is 19.